The van der Waals surface area contributed by atoms with Gasteiger partial charge in [-0.2, -0.15) is 5.26 Å². The molecule has 2 aliphatic heterocycles. The van der Waals surface area contributed by atoms with Gasteiger partial charge in [0.25, 0.3) is 11.8 Å². The van der Waals surface area contributed by atoms with Gasteiger partial charge in [0.1, 0.15) is 6.04 Å². The minimum absolute atomic E-state index is 0.00319. The van der Waals surface area contributed by atoms with Crippen LogP contribution in [0, 0.1) is 11.3 Å². The number of nitriles is 1. The van der Waals surface area contributed by atoms with Crippen LogP contribution in [0.2, 0.25) is 0 Å². The van der Waals surface area contributed by atoms with Crippen LogP contribution < -0.4 is 5.32 Å². The van der Waals surface area contributed by atoms with Crippen molar-refractivity contribution in [2.45, 2.75) is 13.0 Å². The molecule has 0 radical (unpaired) electrons. The van der Waals surface area contributed by atoms with Crippen LogP contribution in [0.1, 0.15) is 6.92 Å². The molecule has 0 aliphatic carbocycles. The van der Waals surface area contributed by atoms with Gasteiger partial charge in [-0.1, -0.05) is 0 Å². The van der Waals surface area contributed by atoms with Gasteiger partial charge >= 0.3 is 0 Å². The molecule has 2 aliphatic rings. The Labute approximate surface area is 86.2 Å². The van der Waals surface area contributed by atoms with Crippen LogP contribution in [0.15, 0.2) is 12.2 Å². The first-order valence-electron chi connectivity index (χ1n) is 4.24. The summed E-state index contributed by atoms with van der Waals surface area (Å²) in [4.78, 5) is 31.9. The molecule has 15 heavy (non-hydrogen) atoms. The van der Waals surface area contributed by atoms with Gasteiger partial charge in [0.2, 0.25) is 5.91 Å². The Morgan fingerprint density at radius 2 is 2.07 bits per heavy atom. The highest BCUT2D eigenvalue weighted by molar-refractivity contribution is 6.12. The second kappa shape index (κ2) is 4.37. The van der Waals surface area contributed by atoms with Gasteiger partial charge in [-0.3, -0.25) is 19.7 Å². The fourth-order valence-corrected chi connectivity index (χ4v) is 0.954. The number of nitrogens with one attached hydrogen (secondary N) is 1. The van der Waals surface area contributed by atoms with E-state index in [2.05, 4.69) is 0 Å². The Kier molecular flexibility index (Phi) is 3.18. The molecule has 0 aromatic carbocycles. The van der Waals surface area contributed by atoms with Gasteiger partial charge < -0.3 is 4.90 Å². The first-order valence-corrected chi connectivity index (χ1v) is 4.24. The predicted octanol–water partition coefficient (Wildman–Crippen LogP) is -1.06. The number of nitrogens with zero attached hydrogens (tertiary/aromatic N) is 2. The smallest absolute Gasteiger partial charge is 0.250 e. The maximum absolute atomic E-state index is 10.4. The molecule has 1 saturated heterocycles. The maximum Gasteiger partial charge on any atom is 0.250 e. The predicted molar refractivity (Wildman–Crippen MR) is 49.1 cm³/mol. The van der Waals surface area contributed by atoms with Crippen molar-refractivity contribution in [2.24, 2.45) is 0 Å². The highest BCUT2D eigenvalue weighted by Crippen LogP contribution is 2.14. The fraction of sp³-hybridized carbons (Fsp3) is 0.333. The molecule has 3 amide bonds. The van der Waals surface area contributed by atoms with Crippen LogP contribution in [0.5, 0.6) is 0 Å². The summed E-state index contributed by atoms with van der Waals surface area (Å²) >= 11 is 0. The molecule has 0 aromatic heterocycles. The summed E-state index contributed by atoms with van der Waals surface area (Å²) in [5, 5.41) is 10.2. The summed E-state index contributed by atoms with van der Waals surface area (Å²) in [5.41, 5.74) is 0. The standard InChI is InChI=1S/C5H6N2O.C4H3NO2/c1-4(8)7-3-5(7)2-6;6-3-1-2-4(7)5-3/h5H,3H2,1H3;1-2H,(H,5,6,7). The number of hydrogen-bond donors (Lipinski definition) is 1. The number of hydrogen-bond acceptors (Lipinski definition) is 4. The van der Waals surface area contributed by atoms with E-state index in [4.69, 9.17) is 5.26 Å². The highest BCUT2D eigenvalue weighted by Gasteiger charge is 2.35. The fourth-order valence-electron chi connectivity index (χ4n) is 0.954. The van der Waals surface area contributed by atoms with Gasteiger partial charge in [-0.25, -0.2) is 0 Å². The number of rotatable bonds is 0. The number of carbonyl (C=O) groups excluding carboxylic acids is 3. The Hall–Kier alpha value is -2.16. The molecular formula is C9H9N3O3. The van der Waals surface area contributed by atoms with Crippen LogP contribution >= 0.6 is 0 Å². The number of amides is 3. The lowest BCUT2D eigenvalue weighted by Gasteiger charge is -1.88. The number of carbonyl (C=O) groups is 3. The summed E-state index contributed by atoms with van der Waals surface area (Å²) < 4.78 is 0. The van der Waals surface area contributed by atoms with Gasteiger partial charge in [0.05, 0.1) is 12.6 Å². The second-order valence-corrected chi connectivity index (χ2v) is 3.00. The zero-order valence-electron chi connectivity index (χ0n) is 8.06. The topological polar surface area (TPSA) is 90.0 Å². The van der Waals surface area contributed by atoms with Crippen molar-refractivity contribution in [3.8, 4) is 6.07 Å². The van der Waals surface area contributed by atoms with E-state index in [0.29, 0.717) is 6.54 Å². The molecule has 1 atom stereocenters. The molecule has 0 bridgehead atoms. The Morgan fingerprint density at radius 3 is 2.20 bits per heavy atom. The van der Waals surface area contributed by atoms with Crippen LogP contribution in [-0.4, -0.2) is 35.2 Å². The van der Waals surface area contributed by atoms with Crippen molar-refractivity contribution in [2.75, 3.05) is 6.54 Å². The maximum atomic E-state index is 10.4. The lowest BCUT2D eigenvalue weighted by molar-refractivity contribution is -0.124. The Bertz CT molecular complexity index is 365. The molecule has 6 heteroatoms. The van der Waals surface area contributed by atoms with Gasteiger partial charge in [0, 0.05) is 19.1 Å². The van der Waals surface area contributed by atoms with E-state index in [9.17, 15) is 14.4 Å². The van der Waals surface area contributed by atoms with E-state index < -0.39 is 0 Å². The lowest BCUT2D eigenvalue weighted by Crippen LogP contribution is -2.19. The van der Waals surface area contributed by atoms with Crippen LogP contribution in [0.4, 0.5) is 0 Å². The first-order chi connectivity index (χ1) is 7.04. The van der Waals surface area contributed by atoms with E-state index in [0.717, 1.165) is 0 Å². The van der Waals surface area contributed by atoms with E-state index in [1.54, 1.807) is 0 Å². The monoisotopic (exact) mass is 207 g/mol. The van der Waals surface area contributed by atoms with Crippen molar-refractivity contribution >= 4 is 17.7 Å². The third-order valence-electron chi connectivity index (χ3n) is 1.80. The van der Waals surface area contributed by atoms with E-state index >= 15 is 0 Å². The van der Waals surface area contributed by atoms with Crippen LogP contribution in [0.25, 0.3) is 0 Å². The van der Waals surface area contributed by atoms with Crippen molar-refractivity contribution in [3.05, 3.63) is 12.2 Å². The highest BCUT2D eigenvalue weighted by atomic mass is 16.2. The normalized spacial score (nSPS) is 21.3. The minimum Gasteiger partial charge on any atom is -0.322 e. The summed E-state index contributed by atoms with van der Waals surface area (Å²) in [5.74, 6) is -0.661. The Balaban J connectivity index is 0.000000151. The largest absolute Gasteiger partial charge is 0.322 e. The molecule has 2 heterocycles. The van der Waals surface area contributed by atoms with Crippen molar-refractivity contribution in [3.63, 3.8) is 0 Å². The Morgan fingerprint density at radius 1 is 1.53 bits per heavy atom. The summed E-state index contributed by atoms with van der Waals surface area (Å²) in [7, 11) is 0. The van der Waals surface area contributed by atoms with Gasteiger partial charge in [-0.15, -0.1) is 0 Å². The summed E-state index contributed by atoms with van der Waals surface area (Å²) in [6.07, 6.45) is 2.39. The van der Waals surface area contributed by atoms with Crippen LogP contribution in [0.3, 0.4) is 0 Å². The third kappa shape index (κ3) is 3.23. The zero-order valence-corrected chi connectivity index (χ0v) is 8.06. The van der Waals surface area contributed by atoms with Crippen molar-refractivity contribution in [1.29, 1.82) is 5.26 Å². The molecule has 1 N–H and O–H groups in total. The van der Waals surface area contributed by atoms with Crippen molar-refractivity contribution in [1.82, 2.24) is 10.2 Å². The average Bonchev–Trinajstić information content (AvgIpc) is 2.87. The van der Waals surface area contributed by atoms with E-state index in [-0.39, 0.29) is 23.8 Å². The third-order valence-corrected chi connectivity index (χ3v) is 1.80. The quantitative estimate of drug-likeness (QED) is 0.405. The van der Waals surface area contributed by atoms with Gasteiger partial charge in [0.15, 0.2) is 0 Å². The SMILES string of the molecule is CC(=O)N1CC1C#N.O=C1C=CC(=O)N1. The lowest BCUT2D eigenvalue weighted by atomic mass is 10.5. The molecule has 1 fully saturated rings. The van der Waals surface area contributed by atoms with E-state index in [1.807, 2.05) is 11.4 Å². The molecule has 1 unspecified atom stereocenters. The summed E-state index contributed by atoms with van der Waals surface area (Å²) in [6.45, 7) is 2.10. The molecule has 6 nitrogen and oxygen atoms in total. The van der Waals surface area contributed by atoms with Gasteiger partial charge in [-0.05, 0) is 0 Å². The average molecular weight is 207 g/mol. The van der Waals surface area contributed by atoms with Crippen molar-refractivity contribution < 1.29 is 14.4 Å². The zero-order chi connectivity index (χ0) is 11.4. The van der Waals surface area contributed by atoms with Crippen LogP contribution in [-0.2, 0) is 14.4 Å². The number of imide groups is 1. The molecule has 78 valence electrons. The minimum atomic E-state index is -0.329. The molecule has 0 aromatic rings. The van der Waals surface area contributed by atoms with E-state index in [1.165, 1.54) is 24.0 Å². The second-order valence-electron chi connectivity index (χ2n) is 3.00. The first kappa shape index (κ1) is 10.9. The molecule has 0 saturated carbocycles. The summed E-state index contributed by atoms with van der Waals surface area (Å²) in [6, 6.07) is 1.86. The molecule has 2 rings (SSSR count). The molecular weight excluding hydrogens is 198 g/mol. The molecule has 0 spiro atoms.